The van der Waals surface area contributed by atoms with E-state index in [-0.39, 0.29) is 18.1 Å². The minimum atomic E-state index is -1.22. The summed E-state index contributed by atoms with van der Waals surface area (Å²) in [5, 5.41) is 25.5. The van der Waals surface area contributed by atoms with E-state index in [4.69, 9.17) is 10.8 Å². The maximum atomic E-state index is 12.7. The number of hydrogen-bond donors (Lipinski definition) is 8. The number of hydrogen-bond acceptors (Lipinski definition) is 8. The molecule has 0 fully saturated rings. The van der Waals surface area contributed by atoms with E-state index >= 15 is 0 Å². The third-order valence-corrected chi connectivity index (χ3v) is 4.56. The monoisotopic (exact) mass is 444 g/mol. The van der Waals surface area contributed by atoms with E-state index in [1.165, 1.54) is 12.5 Å². The standard InChI is InChI=1S/C17H28N6O6S/c1-8(2)13(17(28)29)23-15(26)11(3-9-4-19-7-20-9)21-16(27)12(6-30)22-14(25)10(18)5-24/h4,7-8,10-13,24,30H,3,5-6,18H2,1-2H3,(H,19,20)(H,21,27)(H,22,25)(H,23,26)(H,28,29). The van der Waals surface area contributed by atoms with E-state index in [0.717, 1.165) is 0 Å². The maximum absolute atomic E-state index is 12.7. The van der Waals surface area contributed by atoms with Gasteiger partial charge < -0.3 is 36.9 Å². The van der Waals surface area contributed by atoms with Gasteiger partial charge in [-0.25, -0.2) is 9.78 Å². The molecule has 8 N–H and O–H groups in total. The second-order valence-electron chi connectivity index (χ2n) is 6.94. The predicted molar refractivity (Wildman–Crippen MR) is 109 cm³/mol. The number of nitrogens with zero attached hydrogens (tertiary/aromatic N) is 1. The molecule has 0 bridgehead atoms. The van der Waals surface area contributed by atoms with Crippen LogP contribution in [0.3, 0.4) is 0 Å². The van der Waals surface area contributed by atoms with E-state index in [1.807, 2.05) is 0 Å². The lowest BCUT2D eigenvalue weighted by Crippen LogP contribution is -2.58. The van der Waals surface area contributed by atoms with Crippen molar-refractivity contribution in [2.75, 3.05) is 12.4 Å². The average molecular weight is 445 g/mol. The topological polar surface area (TPSA) is 200 Å². The first-order valence-corrected chi connectivity index (χ1v) is 9.82. The van der Waals surface area contributed by atoms with Crippen molar-refractivity contribution >= 4 is 36.3 Å². The number of aliphatic hydroxyl groups is 1. The van der Waals surface area contributed by atoms with Crippen molar-refractivity contribution in [3.8, 4) is 0 Å². The SMILES string of the molecule is CC(C)C(NC(=O)C(Cc1cnc[nH]1)NC(=O)C(CS)NC(=O)C(N)CO)C(=O)O. The number of aromatic amines is 1. The molecule has 0 radical (unpaired) electrons. The minimum Gasteiger partial charge on any atom is -0.480 e. The number of aliphatic hydroxyl groups excluding tert-OH is 1. The van der Waals surface area contributed by atoms with Gasteiger partial charge in [0.05, 0.1) is 12.9 Å². The molecule has 0 aliphatic carbocycles. The lowest BCUT2D eigenvalue weighted by Gasteiger charge is -2.25. The second-order valence-corrected chi connectivity index (χ2v) is 7.31. The van der Waals surface area contributed by atoms with Crippen molar-refractivity contribution in [1.82, 2.24) is 25.9 Å². The maximum Gasteiger partial charge on any atom is 0.326 e. The highest BCUT2D eigenvalue weighted by molar-refractivity contribution is 7.80. The quantitative estimate of drug-likeness (QED) is 0.160. The Hall–Kier alpha value is -2.64. The Labute approximate surface area is 178 Å². The zero-order chi connectivity index (χ0) is 22.8. The van der Waals surface area contributed by atoms with E-state index in [0.29, 0.717) is 5.69 Å². The Morgan fingerprint density at radius 2 is 1.73 bits per heavy atom. The molecule has 30 heavy (non-hydrogen) atoms. The van der Waals surface area contributed by atoms with Crippen LogP contribution in [-0.4, -0.2) is 80.4 Å². The molecule has 12 nitrogen and oxygen atoms in total. The van der Waals surface area contributed by atoms with Crippen molar-refractivity contribution in [3.63, 3.8) is 0 Å². The molecule has 1 aromatic heterocycles. The summed E-state index contributed by atoms with van der Waals surface area (Å²) in [4.78, 5) is 55.3. The number of rotatable bonds is 12. The molecule has 168 valence electrons. The Bertz CT molecular complexity index is 728. The molecule has 1 heterocycles. The van der Waals surface area contributed by atoms with Gasteiger partial charge in [0, 0.05) is 24.1 Å². The first-order valence-electron chi connectivity index (χ1n) is 9.19. The molecule has 3 amide bonds. The van der Waals surface area contributed by atoms with Gasteiger partial charge in [-0.2, -0.15) is 12.6 Å². The molecule has 0 aromatic carbocycles. The number of carboxylic acid groups (broad SMARTS) is 1. The molecule has 13 heteroatoms. The van der Waals surface area contributed by atoms with Crippen molar-refractivity contribution in [2.24, 2.45) is 11.7 Å². The second kappa shape index (κ2) is 12.1. The van der Waals surface area contributed by atoms with Crippen molar-refractivity contribution in [2.45, 2.75) is 44.4 Å². The van der Waals surface area contributed by atoms with Gasteiger partial charge in [0.25, 0.3) is 0 Å². The van der Waals surface area contributed by atoms with Crippen molar-refractivity contribution < 1.29 is 29.4 Å². The van der Waals surface area contributed by atoms with E-state index < -0.39 is 54.5 Å². The number of imidazole rings is 1. The lowest BCUT2D eigenvalue weighted by molar-refractivity contribution is -0.143. The Morgan fingerprint density at radius 3 is 2.20 bits per heavy atom. The van der Waals surface area contributed by atoms with Crippen LogP contribution in [0.25, 0.3) is 0 Å². The smallest absolute Gasteiger partial charge is 0.326 e. The number of aliphatic carboxylic acids is 1. The molecule has 0 spiro atoms. The van der Waals surface area contributed by atoms with Crippen molar-refractivity contribution in [3.05, 3.63) is 18.2 Å². The summed E-state index contributed by atoms with van der Waals surface area (Å²) >= 11 is 4.03. The first-order chi connectivity index (χ1) is 14.1. The summed E-state index contributed by atoms with van der Waals surface area (Å²) in [6.45, 7) is 2.67. The molecular weight excluding hydrogens is 416 g/mol. The van der Waals surface area contributed by atoms with Crippen LogP contribution in [0.4, 0.5) is 0 Å². The third kappa shape index (κ3) is 7.65. The fraction of sp³-hybridized carbons (Fsp3) is 0.588. The number of thiol groups is 1. The Morgan fingerprint density at radius 1 is 1.13 bits per heavy atom. The average Bonchev–Trinajstić information content (AvgIpc) is 3.20. The highest BCUT2D eigenvalue weighted by atomic mass is 32.1. The zero-order valence-corrected chi connectivity index (χ0v) is 17.6. The van der Waals surface area contributed by atoms with Crippen LogP contribution in [0.15, 0.2) is 12.5 Å². The molecule has 4 atom stereocenters. The van der Waals surface area contributed by atoms with Gasteiger partial charge in [-0.15, -0.1) is 0 Å². The van der Waals surface area contributed by atoms with Crippen LogP contribution < -0.4 is 21.7 Å². The van der Waals surface area contributed by atoms with Gasteiger partial charge >= 0.3 is 5.97 Å². The van der Waals surface area contributed by atoms with Crippen molar-refractivity contribution in [1.29, 1.82) is 0 Å². The summed E-state index contributed by atoms with van der Waals surface area (Å²) < 4.78 is 0. The number of aromatic nitrogens is 2. The van der Waals surface area contributed by atoms with Gasteiger partial charge in [-0.3, -0.25) is 14.4 Å². The number of carboxylic acids is 1. The molecule has 0 saturated heterocycles. The molecule has 0 aliphatic heterocycles. The predicted octanol–water partition coefficient (Wildman–Crippen LogP) is -2.60. The summed E-state index contributed by atoms with van der Waals surface area (Å²) in [7, 11) is 0. The fourth-order valence-corrected chi connectivity index (χ4v) is 2.68. The molecule has 1 rings (SSSR count). The van der Waals surface area contributed by atoms with Gasteiger partial charge in [-0.05, 0) is 5.92 Å². The lowest BCUT2D eigenvalue weighted by atomic mass is 10.0. The number of nitrogens with one attached hydrogen (secondary N) is 4. The van der Waals surface area contributed by atoms with E-state index in [2.05, 4.69) is 38.5 Å². The Balaban J connectivity index is 2.96. The summed E-state index contributed by atoms with van der Waals surface area (Å²) in [5.41, 5.74) is 5.95. The first kappa shape index (κ1) is 25.4. The third-order valence-electron chi connectivity index (χ3n) is 4.19. The van der Waals surface area contributed by atoms with Gasteiger partial charge in [0.1, 0.15) is 24.2 Å². The number of nitrogens with two attached hydrogens (primary N) is 1. The number of amides is 3. The summed E-state index contributed by atoms with van der Waals surface area (Å²) in [5.74, 6) is -3.89. The molecule has 0 aliphatic rings. The van der Waals surface area contributed by atoms with Crippen LogP contribution in [0.1, 0.15) is 19.5 Å². The normalized spacial score (nSPS) is 15.0. The van der Waals surface area contributed by atoms with Gasteiger partial charge in [0.2, 0.25) is 17.7 Å². The summed E-state index contributed by atoms with van der Waals surface area (Å²) in [6.07, 6.45) is 2.86. The van der Waals surface area contributed by atoms with Gasteiger partial charge in [-0.1, -0.05) is 13.8 Å². The molecule has 0 saturated carbocycles. The largest absolute Gasteiger partial charge is 0.480 e. The molecule has 4 unspecified atom stereocenters. The molecule has 1 aromatic rings. The van der Waals surface area contributed by atoms with Crippen LogP contribution in [0.2, 0.25) is 0 Å². The van der Waals surface area contributed by atoms with Gasteiger partial charge in [0.15, 0.2) is 0 Å². The fourth-order valence-electron chi connectivity index (χ4n) is 2.42. The highest BCUT2D eigenvalue weighted by Gasteiger charge is 2.31. The van der Waals surface area contributed by atoms with Crippen LogP contribution in [0.5, 0.6) is 0 Å². The summed E-state index contributed by atoms with van der Waals surface area (Å²) in [6, 6.07) is -4.64. The number of carbonyl (C=O) groups excluding carboxylic acids is 3. The van der Waals surface area contributed by atoms with E-state index in [1.54, 1.807) is 13.8 Å². The van der Waals surface area contributed by atoms with Crippen LogP contribution >= 0.6 is 12.6 Å². The molecular formula is C17H28N6O6S. The van der Waals surface area contributed by atoms with Crippen LogP contribution in [0, 0.1) is 5.92 Å². The highest BCUT2D eigenvalue weighted by Crippen LogP contribution is 2.05. The van der Waals surface area contributed by atoms with Crippen LogP contribution in [-0.2, 0) is 25.6 Å². The zero-order valence-electron chi connectivity index (χ0n) is 16.7. The minimum absolute atomic E-state index is 0.00536. The number of H-pyrrole nitrogens is 1. The van der Waals surface area contributed by atoms with E-state index in [9.17, 15) is 24.3 Å². The number of carbonyl (C=O) groups is 4. The Kier molecular flexibility index (Phi) is 10.3.